The van der Waals surface area contributed by atoms with Crippen LogP contribution in [0.1, 0.15) is 26.7 Å². The molecule has 0 amide bonds. The maximum Gasteiger partial charge on any atom is 1.00 e. The Balaban J connectivity index is -0.0000000692. The standard InChI is InChI=1S/2C3H5F3.HNO2.Na/c2*1-2-3(4,5)6;2-1-3;/h2*2H2,1H3;1H;/q;;;+1. The first kappa shape index (κ1) is 25.0. The Kier molecular flexibility index (Phi) is 20.4. The van der Waals surface area contributed by atoms with Crippen molar-refractivity contribution in [1.29, 1.82) is 0 Å². The normalized spacial score (nSPS) is 9.75. The van der Waals surface area contributed by atoms with E-state index in [4.69, 9.17) is 10.1 Å². The summed E-state index contributed by atoms with van der Waals surface area (Å²) in [7, 11) is 0. The van der Waals surface area contributed by atoms with Gasteiger partial charge in [-0.05, 0) is 0 Å². The van der Waals surface area contributed by atoms with Gasteiger partial charge in [0.25, 0.3) is 0 Å². The van der Waals surface area contributed by atoms with E-state index in [1.807, 2.05) is 0 Å². The van der Waals surface area contributed by atoms with Crippen LogP contribution in [0.3, 0.4) is 0 Å². The first-order chi connectivity index (χ1) is 6.54. The molecule has 0 aromatic rings. The number of halogens is 6. The number of alkyl halides is 6. The summed E-state index contributed by atoms with van der Waals surface area (Å²) in [6, 6.07) is 0. The van der Waals surface area contributed by atoms with Crippen molar-refractivity contribution in [2.45, 2.75) is 39.0 Å². The van der Waals surface area contributed by atoms with E-state index >= 15 is 0 Å². The summed E-state index contributed by atoms with van der Waals surface area (Å²) in [5, 5.41) is 8.38. The van der Waals surface area contributed by atoms with Gasteiger partial charge in [0.2, 0.25) is 0 Å². The molecule has 0 rings (SSSR count). The van der Waals surface area contributed by atoms with E-state index in [1.165, 1.54) is 0 Å². The third-order valence-electron chi connectivity index (χ3n) is 0.802. The molecule has 0 saturated heterocycles. The van der Waals surface area contributed by atoms with Gasteiger partial charge in [0.15, 0.2) is 0 Å². The molecule has 0 aliphatic carbocycles. The van der Waals surface area contributed by atoms with Gasteiger partial charge in [-0.25, -0.2) is 0 Å². The van der Waals surface area contributed by atoms with Crippen molar-refractivity contribution in [3.63, 3.8) is 0 Å². The van der Waals surface area contributed by atoms with Crippen LogP contribution in [0.4, 0.5) is 26.3 Å². The number of rotatable bonds is 0. The molecule has 0 aliphatic heterocycles. The minimum atomic E-state index is -3.96. The van der Waals surface area contributed by atoms with E-state index < -0.39 is 25.2 Å². The quantitative estimate of drug-likeness (QED) is 0.271. The fraction of sp³-hybridized carbons (Fsp3) is 1.00. The average Bonchev–Trinajstić information content (AvgIpc) is 2.04. The first-order valence-corrected chi connectivity index (χ1v) is 3.66. The molecule has 16 heavy (non-hydrogen) atoms. The smallest absolute Gasteiger partial charge is 0.267 e. The summed E-state index contributed by atoms with van der Waals surface area (Å²) in [6.07, 6.45) is -9.38. The molecule has 0 aromatic carbocycles. The van der Waals surface area contributed by atoms with Crippen LogP contribution in [-0.2, 0) is 0 Å². The van der Waals surface area contributed by atoms with Crippen LogP contribution in [0.5, 0.6) is 0 Å². The molecule has 3 nitrogen and oxygen atoms in total. The van der Waals surface area contributed by atoms with Crippen molar-refractivity contribution in [3.8, 4) is 0 Å². The average molecular weight is 266 g/mol. The Bertz CT molecular complexity index is 135. The Morgan fingerprint density at radius 3 is 1.00 bits per heavy atom. The molecule has 1 N–H and O–H groups in total. The fourth-order valence-electron chi connectivity index (χ4n) is 0. The molecule has 0 bridgehead atoms. The molecule has 0 saturated carbocycles. The predicted octanol–water partition coefficient (Wildman–Crippen LogP) is -0.747. The second kappa shape index (κ2) is 13.0. The van der Waals surface area contributed by atoms with Crippen molar-refractivity contribution in [3.05, 3.63) is 10.1 Å². The van der Waals surface area contributed by atoms with Gasteiger partial charge in [-0.3, -0.25) is 10.1 Å². The Morgan fingerprint density at radius 2 is 1.00 bits per heavy atom. The van der Waals surface area contributed by atoms with E-state index in [-0.39, 0.29) is 34.9 Å². The zero-order valence-electron chi connectivity index (χ0n) is 9.00. The molecule has 0 aliphatic rings. The van der Waals surface area contributed by atoms with Crippen LogP contribution < -0.4 is 34.9 Å². The van der Waals surface area contributed by atoms with Crippen molar-refractivity contribution < 1.29 is 61.2 Å². The van der Waals surface area contributed by atoms with Gasteiger partial charge in [-0.15, -0.1) is 0 Å². The molecule has 94 valence electrons. The third kappa shape index (κ3) is 65.9. The van der Waals surface area contributed by atoms with Crippen LogP contribution in [0.15, 0.2) is 0 Å². The molecule has 0 spiro atoms. The Hall–Kier alpha value is -0.0200. The molecule has 0 aromatic heterocycles. The summed E-state index contributed by atoms with van der Waals surface area (Å²) < 4.78 is 64.7. The van der Waals surface area contributed by atoms with Crippen LogP contribution in [0.25, 0.3) is 0 Å². The zero-order valence-corrected chi connectivity index (χ0v) is 11.0. The molecule has 0 radical (unpaired) electrons. The largest absolute Gasteiger partial charge is 1.00 e. The first-order valence-electron chi connectivity index (χ1n) is 3.66. The van der Waals surface area contributed by atoms with Gasteiger partial charge in [0, 0.05) is 18.2 Å². The Morgan fingerprint density at radius 1 is 0.938 bits per heavy atom. The van der Waals surface area contributed by atoms with Gasteiger partial charge < -0.3 is 0 Å². The molecule has 0 atom stereocenters. The van der Waals surface area contributed by atoms with E-state index in [2.05, 4.69) is 0 Å². The van der Waals surface area contributed by atoms with Crippen LogP contribution in [0, 0.1) is 10.1 Å². The molecular weight excluding hydrogens is 255 g/mol. The molecule has 0 heterocycles. The van der Waals surface area contributed by atoms with Crippen molar-refractivity contribution in [2.24, 2.45) is 0 Å². The van der Waals surface area contributed by atoms with E-state index in [0.717, 1.165) is 13.8 Å². The summed E-state index contributed by atoms with van der Waals surface area (Å²) in [5.74, 6) is 0. The number of hydrogen-bond donors (Lipinski definition) is 1. The Labute approximate surface area is 110 Å². The second-order valence-electron chi connectivity index (χ2n) is 2.02. The van der Waals surface area contributed by atoms with Gasteiger partial charge in [-0.2, -0.15) is 26.3 Å². The second-order valence-corrected chi connectivity index (χ2v) is 2.02. The van der Waals surface area contributed by atoms with Crippen LogP contribution >= 0.6 is 0 Å². The zero-order chi connectivity index (χ0) is 13.1. The predicted molar refractivity (Wildman–Crippen MR) is 40.4 cm³/mol. The minimum absolute atomic E-state index is 0. The van der Waals surface area contributed by atoms with E-state index in [0.29, 0.717) is 0 Å². The van der Waals surface area contributed by atoms with Gasteiger partial charge in [-0.1, -0.05) is 13.8 Å². The van der Waals surface area contributed by atoms with Gasteiger partial charge >= 0.3 is 41.9 Å². The summed E-state index contributed by atoms with van der Waals surface area (Å²) in [6.45, 7) is 2.17. The maximum absolute atomic E-state index is 10.8. The van der Waals surface area contributed by atoms with Crippen molar-refractivity contribution >= 4 is 0 Å². The minimum Gasteiger partial charge on any atom is -0.267 e. The number of nitrogens with one attached hydrogen (secondary N) is 1. The molecule has 10 heteroatoms. The molecular formula is C6H11F6NNaO2+. The SMILES string of the molecule is CCC(F)(F)F.CCC(F)(F)F.O=[NH+][O-].[Na+]. The fourth-order valence-corrected chi connectivity index (χ4v) is 0. The molecule has 0 unspecified atom stereocenters. The van der Waals surface area contributed by atoms with E-state index in [1.54, 1.807) is 0 Å². The monoisotopic (exact) mass is 266 g/mol. The summed E-state index contributed by atoms with van der Waals surface area (Å²) in [4.78, 5) is 8.12. The summed E-state index contributed by atoms with van der Waals surface area (Å²) >= 11 is 0. The van der Waals surface area contributed by atoms with Crippen LogP contribution in [-0.4, -0.2) is 12.4 Å². The molecule has 0 fully saturated rings. The van der Waals surface area contributed by atoms with Crippen LogP contribution in [0.2, 0.25) is 0 Å². The topological polar surface area (TPSA) is 54.1 Å². The van der Waals surface area contributed by atoms with E-state index in [9.17, 15) is 26.3 Å². The maximum atomic E-state index is 10.8. The van der Waals surface area contributed by atoms with Crippen molar-refractivity contribution in [1.82, 2.24) is 0 Å². The summed E-state index contributed by atoms with van der Waals surface area (Å²) in [5.41, 5.74) is 0. The van der Waals surface area contributed by atoms with Gasteiger partial charge in [0.05, 0.1) is 0 Å². The third-order valence-corrected chi connectivity index (χ3v) is 0.802. The van der Waals surface area contributed by atoms with Gasteiger partial charge in [0.1, 0.15) is 0 Å². The van der Waals surface area contributed by atoms with Crippen molar-refractivity contribution in [2.75, 3.05) is 0 Å². The number of hydrogen-bond acceptors (Lipinski definition) is 2.